The van der Waals surface area contributed by atoms with Crippen molar-refractivity contribution < 1.29 is 24.5 Å². The molecule has 3 aromatic carbocycles. The first kappa shape index (κ1) is 20.0. The average Bonchev–Trinajstić information content (AvgIpc) is 2.77. The molecule has 7 heteroatoms. The number of aromatic carboxylic acids is 1. The lowest BCUT2D eigenvalue weighted by Gasteiger charge is -2.10. The van der Waals surface area contributed by atoms with Gasteiger partial charge in [0.15, 0.2) is 0 Å². The Morgan fingerprint density at radius 1 is 0.897 bits per heavy atom. The zero-order chi connectivity index (χ0) is 20.6. The van der Waals surface area contributed by atoms with Gasteiger partial charge in [0.05, 0.1) is 25.1 Å². The summed E-state index contributed by atoms with van der Waals surface area (Å²) in [5, 5.41) is 26.7. The van der Waals surface area contributed by atoms with E-state index in [1.165, 1.54) is 6.07 Å². The van der Waals surface area contributed by atoms with Gasteiger partial charge in [-0.05, 0) is 53.6 Å². The molecule has 0 aromatic heterocycles. The number of aliphatic hydroxyl groups is 1. The Bertz CT molecular complexity index is 999. The topological polar surface area (TPSA) is 101 Å². The van der Waals surface area contributed by atoms with Gasteiger partial charge >= 0.3 is 5.97 Å². The lowest BCUT2D eigenvalue weighted by Crippen LogP contribution is -2.03. The standard InChI is InChI=1S/C22H20N2O5/c1-28-19-9-4-16(5-10-19)14-29-21-11-8-18(12-20(21)22(26)27)24-23-17-6-2-15(13-25)3-7-17/h2-12,25H,13-14H2,1H3,(H,26,27). The second-order valence-corrected chi connectivity index (χ2v) is 6.15. The Labute approximate surface area is 167 Å². The molecule has 0 aliphatic carbocycles. The molecular formula is C22H20N2O5. The number of nitrogens with zero attached hydrogens (tertiary/aromatic N) is 2. The summed E-state index contributed by atoms with van der Waals surface area (Å²) in [6, 6.07) is 18.9. The van der Waals surface area contributed by atoms with Crippen LogP contribution in [0.2, 0.25) is 0 Å². The normalized spacial score (nSPS) is 10.8. The SMILES string of the molecule is COc1ccc(COc2ccc(N=Nc3ccc(CO)cc3)cc2C(=O)O)cc1. The third kappa shape index (κ3) is 5.40. The number of methoxy groups -OCH3 is 1. The van der Waals surface area contributed by atoms with Gasteiger partial charge in [0, 0.05) is 0 Å². The van der Waals surface area contributed by atoms with Gasteiger partial charge in [-0.3, -0.25) is 0 Å². The number of ether oxygens (including phenoxy) is 2. The second kappa shape index (κ2) is 9.48. The van der Waals surface area contributed by atoms with Gasteiger partial charge in [-0.25, -0.2) is 4.79 Å². The maximum Gasteiger partial charge on any atom is 0.339 e. The van der Waals surface area contributed by atoms with E-state index in [0.717, 1.165) is 16.9 Å². The fraction of sp³-hybridized carbons (Fsp3) is 0.136. The van der Waals surface area contributed by atoms with Crippen LogP contribution >= 0.6 is 0 Å². The molecule has 0 bridgehead atoms. The van der Waals surface area contributed by atoms with Crippen molar-refractivity contribution in [1.82, 2.24) is 0 Å². The van der Waals surface area contributed by atoms with Gasteiger partial charge < -0.3 is 19.7 Å². The Hall–Kier alpha value is -3.71. The molecule has 0 aliphatic heterocycles. The third-order valence-corrected chi connectivity index (χ3v) is 4.15. The van der Waals surface area contributed by atoms with E-state index in [-0.39, 0.29) is 24.5 Å². The molecule has 0 unspecified atom stereocenters. The largest absolute Gasteiger partial charge is 0.497 e. The predicted molar refractivity (Wildman–Crippen MR) is 107 cm³/mol. The summed E-state index contributed by atoms with van der Waals surface area (Å²) >= 11 is 0. The summed E-state index contributed by atoms with van der Waals surface area (Å²) in [6.07, 6.45) is 0. The number of rotatable bonds is 8. The highest BCUT2D eigenvalue weighted by atomic mass is 16.5. The van der Waals surface area contributed by atoms with E-state index in [2.05, 4.69) is 10.2 Å². The van der Waals surface area contributed by atoms with Crippen LogP contribution in [0, 0.1) is 0 Å². The highest BCUT2D eigenvalue weighted by Crippen LogP contribution is 2.27. The molecule has 0 saturated carbocycles. The minimum atomic E-state index is -1.11. The number of carboxylic acid groups (broad SMARTS) is 1. The molecule has 2 N–H and O–H groups in total. The summed E-state index contributed by atoms with van der Waals surface area (Å²) in [4.78, 5) is 11.6. The quantitative estimate of drug-likeness (QED) is 0.532. The van der Waals surface area contributed by atoms with E-state index in [4.69, 9.17) is 14.6 Å². The lowest BCUT2D eigenvalue weighted by molar-refractivity contribution is 0.0691. The number of benzene rings is 3. The average molecular weight is 392 g/mol. The molecule has 0 heterocycles. The molecule has 0 radical (unpaired) electrons. The first-order chi connectivity index (χ1) is 14.1. The molecule has 0 amide bonds. The Morgan fingerprint density at radius 2 is 1.52 bits per heavy atom. The van der Waals surface area contributed by atoms with Crippen molar-refractivity contribution in [3.8, 4) is 11.5 Å². The molecule has 0 spiro atoms. The molecule has 0 atom stereocenters. The van der Waals surface area contributed by atoms with Crippen LogP contribution in [-0.2, 0) is 13.2 Å². The fourth-order valence-corrected chi connectivity index (χ4v) is 2.54. The third-order valence-electron chi connectivity index (χ3n) is 4.15. The molecular weight excluding hydrogens is 372 g/mol. The highest BCUT2D eigenvalue weighted by molar-refractivity contribution is 5.92. The molecule has 0 saturated heterocycles. The summed E-state index contributed by atoms with van der Waals surface area (Å²) in [5.41, 5.74) is 2.66. The summed E-state index contributed by atoms with van der Waals surface area (Å²) in [6.45, 7) is 0.180. The van der Waals surface area contributed by atoms with Crippen LogP contribution in [0.3, 0.4) is 0 Å². The van der Waals surface area contributed by atoms with Crippen LogP contribution in [0.25, 0.3) is 0 Å². The number of aliphatic hydroxyl groups excluding tert-OH is 1. The van der Waals surface area contributed by atoms with E-state index in [9.17, 15) is 9.90 Å². The zero-order valence-electron chi connectivity index (χ0n) is 15.8. The molecule has 148 valence electrons. The lowest BCUT2D eigenvalue weighted by atomic mass is 10.1. The molecule has 29 heavy (non-hydrogen) atoms. The van der Waals surface area contributed by atoms with E-state index in [1.807, 2.05) is 24.3 Å². The number of carboxylic acids is 1. The van der Waals surface area contributed by atoms with Crippen molar-refractivity contribution in [2.24, 2.45) is 10.2 Å². The maximum atomic E-state index is 11.6. The number of carbonyl (C=O) groups is 1. The van der Waals surface area contributed by atoms with E-state index < -0.39 is 5.97 Å². The van der Waals surface area contributed by atoms with Gasteiger partial charge in [0.1, 0.15) is 23.7 Å². The highest BCUT2D eigenvalue weighted by Gasteiger charge is 2.13. The first-order valence-electron chi connectivity index (χ1n) is 8.83. The van der Waals surface area contributed by atoms with Gasteiger partial charge in [0.25, 0.3) is 0 Å². The number of hydrogen-bond donors (Lipinski definition) is 2. The molecule has 0 aliphatic rings. The van der Waals surface area contributed by atoms with E-state index in [1.54, 1.807) is 43.5 Å². The van der Waals surface area contributed by atoms with Crippen molar-refractivity contribution in [2.45, 2.75) is 13.2 Å². The van der Waals surface area contributed by atoms with Crippen LogP contribution in [0.15, 0.2) is 77.0 Å². The molecule has 0 fully saturated rings. The van der Waals surface area contributed by atoms with Crippen LogP contribution < -0.4 is 9.47 Å². The summed E-state index contributed by atoms with van der Waals surface area (Å²) in [7, 11) is 1.59. The van der Waals surface area contributed by atoms with E-state index in [0.29, 0.717) is 11.4 Å². The summed E-state index contributed by atoms with van der Waals surface area (Å²) in [5.74, 6) is -0.126. The summed E-state index contributed by atoms with van der Waals surface area (Å²) < 4.78 is 10.8. The number of azo groups is 1. The van der Waals surface area contributed by atoms with Gasteiger partial charge in [-0.2, -0.15) is 10.2 Å². The van der Waals surface area contributed by atoms with Crippen LogP contribution in [-0.4, -0.2) is 23.3 Å². The van der Waals surface area contributed by atoms with Crippen LogP contribution in [0.1, 0.15) is 21.5 Å². The van der Waals surface area contributed by atoms with Crippen molar-refractivity contribution in [3.63, 3.8) is 0 Å². The number of hydrogen-bond acceptors (Lipinski definition) is 6. The Kier molecular flexibility index (Phi) is 6.55. The van der Waals surface area contributed by atoms with Crippen molar-refractivity contribution in [1.29, 1.82) is 0 Å². The minimum Gasteiger partial charge on any atom is -0.497 e. The van der Waals surface area contributed by atoms with Crippen LogP contribution in [0.4, 0.5) is 11.4 Å². The van der Waals surface area contributed by atoms with Crippen LogP contribution in [0.5, 0.6) is 11.5 Å². The molecule has 7 nitrogen and oxygen atoms in total. The zero-order valence-corrected chi connectivity index (χ0v) is 15.8. The van der Waals surface area contributed by atoms with Gasteiger partial charge in [-0.1, -0.05) is 24.3 Å². The Morgan fingerprint density at radius 3 is 2.14 bits per heavy atom. The predicted octanol–water partition coefficient (Wildman–Crippen LogP) is 4.88. The first-order valence-corrected chi connectivity index (χ1v) is 8.83. The monoisotopic (exact) mass is 392 g/mol. The smallest absolute Gasteiger partial charge is 0.339 e. The van der Waals surface area contributed by atoms with Crippen molar-refractivity contribution >= 4 is 17.3 Å². The molecule has 3 aromatic rings. The Balaban J connectivity index is 1.73. The van der Waals surface area contributed by atoms with E-state index >= 15 is 0 Å². The minimum absolute atomic E-state index is 0.00518. The van der Waals surface area contributed by atoms with Gasteiger partial charge in [-0.15, -0.1) is 0 Å². The fourth-order valence-electron chi connectivity index (χ4n) is 2.54. The maximum absolute atomic E-state index is 11.6. The van der Waals surface area contributed by atoms with Crippen molar-refractivity contribution in [2.75, 3.05) is 7.11 Å². The van der Waals surface area contributed by atoms with Gasteiger partial charge in [0.2, 0.25) is 0 Å². The molecule has 3 rings (SSSR count). The van der Waals surface area contributed by atoms with Crippen molar-refractivity contribution in [3.05, 3.63) is 83.4 Å². The second-order valence-electron chi connectivity index (χ2n) is 6.15.